The van der Waals surface area contributed by atoms with E-state index < -0.39 is 23.5 Å². The summed E-state index contributed by atoms with van der Waals surface area (Å²) in [6.45, 7) is -0.271. The molecule has 0 aliphatic rings. The minimum absolute atomic E-state index is 0.140. The SMILES string of the molecule is O=C(NCc1nc(C(F)(F)F)n[nH]1)c1ccc2cn[nH]c(=O)c2c1. The second kappa shape index (κ2) is 5.76. The molecule has 0 aliphatic heterocycles. The molecule has 0 aliphatic carbocycles. The number of alkyl halides is 3. The van der Waals surface area contributed by atoms with Crippen LogP contribution in [0.2, 0.25) is 0 Å². The fraction of sp³-hybridized carbons (Fsp3) is 0.154. The average Bonchev–Trinajstić information content (AvgIpc) is 3.02. The zero-order chi connectivity index (χ0) is 17.3. The van der Waals surface area contributed by atoms with Crippen molar-refractivity contribution in [3.63, 3.8) is 0 Å². The molecule has 24 heavy (non-hydrogen) atoms. The van der Waals surface area contributed by atoms with Crippen LogP contribution >= 0.6 is 0 Å². The van der Waals surface area contributed by atoms with E-state index in [1.54, 1.807) is 6.07 Å². The number of nitrogens with zero attached hydrogens (tertiary/aromatic N) is 3. The van der Waals surface area contributed by atoms with Crippen molar-refractivity contribution < 1.29 is 18.0 Å². The van der Waals surface area contributed by atoms with Crippen molar-refractivity contribution in [1.29, 1.82) is 0 Å². The van der Waals surface area contributed by atoms with Crippen LogP contribution < -0.4 is 10.9 Å². The van der Waals surface area contributed by atoms with Gasteiger partial charge in [-0.1, -0.05) is 6.07 Å². The summed E-state index contributed by atoms with van der Waals surface area (Å²) < 4.78 is 37.1. The van der Waals surface area contributed by atoms with Crippen LogP contribution in [-0.4, -0.2) is 31.3 Å². The van der Waals surface area contributed by atoms with Crippen molar-refractivity contribution in [2.24, 2.45) is 0 Å². The Hall–Kier alpha value is -3.24. The molecule has 0 saturated heterocycles. The van der Waals surface area contributed by atoms with Gasteiger partial charge in [0, 0.05) is 10.9 Å². The highest BCUT2D eigenvalue weighted by Gasteiger charge is 2.36. The van der Waals surface area contributed by atoms with Gasteiger partial charge >= 0.3 is 6.18 Å². The Balaban J connectivity index is 1.74. The maximum Gasteiger partial charge on any atom is 0.453 e. The highest BCUT2D eigenvalue weighted by Crippen LogP contribution is 2.25. The molecular weight excluding hydrogens is 329 g/mol. The Labute approximate surface area is 131 Å². The highest BCUT2D eigenvalue weighted by atomic mass is 19.4. The summed E-state index contributed by atoms with van der Waals surface area (Å²) in [7, 11) is 0. The van der Waals surface area contributed by atoms with E-state index in [-0.39, 0.29) is 23.3 Å². The van der Waals surface area contributed by atoms with Crippen LogP contribution in [0.1, 0.15) is 22.0 Å². The van der Waals surface area contributed by atoms with Gasteiger partial charge < -0.3 is 5.32 Å². The molecule has 3 N–H and O–H groups in total. The van der Waals surface area contributed by atoms with Gasteiger partial charge in [-0.15, -0.1) is 5.10 Å². The Morgan fingerprint density at radius 1 is 1.25 bits per heavy atom. The molecule has 2 aromatic heterocycles. The van der Waals surface area contributed by atoms with E-state index in [1.165, 1.54) is 18.3 Å². The van der Waals surface area contributed by atoms with E-state index in [2.05, 4.69) is 30.7 Å². The fourth-order valence-electron chi connectivity index (χ4n) is 1.99. The number of rotatable bonds is 3. The molecule has 3 rings (SSSR count). The topological polar surface area (TPSA) is 116 Å². The third-order valence-electron chi connectivity index (χ3n) is 3.13. The monoisotopic (exact) mass is 338 g/mol. The molecule has 1 amide bonds. The maximum absolute atomic E-state index is 12.4. The first-order valence-electron chi connectivity index (χ1n) is 6.59. The van der Waals surface area contributed by atoms with Crippen LogP contribution in [0.25, 0.3) is 10.8 Å². The Morgan fingerprint density at radius 2 is 2.04 bits per heavy atom. The molecule has 0 saturated carbocycles. The maximum atomic E-state index is 12.4. The third-order valence-corrected chi connectivity index (χ3v) is 3.13. The van der Waals surface area contributed by atoms with Gasteiger partial charge in [0.15, 0.2) is 0 Å². The fourth-order valence-corrected chi connectivity index (χ4v) is 1.99. The van der Waals surface area contributed by atoms with Crippen molar-refractivity contribution in [2.75, 3.05) is 0 Å². The predicted molar refractivity (Wildman–Crippen MR) is 74.9 cm³/mol. The molecule has 0 fully saturated rings. The zero-order valence-corrected chi connectivity index (χ0v) is 11.8. The van der Waals surface area contributed by atoms with Gasteiger partial charge in [-0.2, -0.15) is 18.3 Å². The summed E-state index contributed by atoms with van der Waals surface area (Å²) in [5.41, 5.74) is -0.276. The lowest BCUT2D eigenvalue weighted by Gasteiger charge is -2.04. The number of nitrogens with one attached hydrogen (secondary N) is 3. The number of amides is 1. The molecule has 0 spiro atoms. The first kappa shape index (κ1) is 15.6. The molecule has 0 atom stereocenters. The Bertz CT molecular complexity index is 962. The van der Waals surface area contributed by atoms with Crippen molar-refractivity contribution in [2.45, 2.75) is 12.7 Å². The quantitative estimate of drug-likeness (QED) is 0.658. The van der Waals surface area contributed by atoms with Crippen LogP contribution in [0.4, 0.5) is 13.2 Å². The molecule has 1 aromatic carbocycles. The second-order valence-corrected chi connectivity index (χ2v) is 4.79. The average molecular weight is 338 g/mol. The molecule has 0 unspecified atom stereocenters. The predicted octanol–water partition coefficient (Wildman–Crippen LogP) is 0.990. The standard InChI is InChI=1S/C13H9F3N6O2/c14-13(15,16)12-19-9(20-22-12)5-17-10(23)6-1-2-7-4-18-21-11(24)8(7)3-6/h1-4H,5H2,(H,17,23)(H,21,24)(H,19,20,22). The number of hydrogen-bond acceptors (Lipinski definition) is 5. The largest absolute Gasteiger partial charge is 0.453 e. The molecular formula is C13H9F3N6O2. The number of H-pyrrole nitrogens is 2. The van der Waals surface area contributed by atoms with Crippen LogP contribution in [-0.2, 0) is 12.7 Å². The lowest BCUT2D eigenvalue weighted by Crippen LogP contribution is -2.23. The summed E-state index contributed by atoms with van der Waals surface area (Å²) in [4.78, 5) is 26.9. The number of carbonyl (C=O) groups is 1. The molecule has 11 heteroatoms. The van der Waals surface area contributed by atoms with E-state index in [0.717, 1.165) is 0 Å². The molecule has 0 bridgehead atoms. The first-order valence-corrected chi connectivity index (χ1v) is 6.59. The van der Waals surface area contributed by atoms with Crippen LogP contribution in [0.5, 0.6) is 0 Å². The molecule has 8 nitrogen and oxygen atoms in total. The zero-order valence-electron chi connectivity index (χ0n) is 11.8. The summed E-state index contributed by atoms with van der Waals surface area (Å²) in [6.07, 6.45) is -3.22. The van der Waals surface area contributed by atoms with Crippen LogP contribution in [0, 0.1) is 0 Å². The van der Waals surface area contributed by atoms with E-state index >= 15 is 0 Å². The van der Waals surface area contributed by atoms with Crippen LogP contribution in [0.15, 0.2) is 29.2 Å². The third kappa shape index (κ3) is 3.09. The minimum Gasteiger partial charge on any atom is -0.345 e. The Morgan fingerprint density at radius 3 is 2.75 bits per heavy atom. The van der Waals surface area contributed by atoms with Gasteiger partial charge in [-0.05, 0) is 12.1 Å². The van der Waals surface area contributed by atoms with Gasteiger partial charge in [0.25, 0.3) is 17.3 Å². The minimum atomic E-state index is -4.66. The molecule has 3 aromatic rings. The lowest BCUT2D eigenvalue weighted by molar-refractivity contribution is -0.144. The lowest BCUT2D eigenvalue weighted by atomic mass is 10.1. The number of halogens is 3. The summed E-state index contributed by atoms with van der Waals surface area (Å²) in [5.74, 6) is -2.02. The van der Waals surface area contributed by atoms with Crippen molar-refractivity contribution in [3.8, 4) is 0 Å². The molecule has 0 radical (unpaired) electrons. The van der Waals surface area contributed by atoms with Crippen molar-refractivity contribution >= 4 is 16.7 Å². The highest BCUT2D eigenvalue weighted by molar-refractivity contribution is 5.98. The van der Waals surface area contributed by atoms with Crippen molar-refractivity contribution in [1.82, 2.24) is 30.7 Å². The second-order valence-electron chi connectivity index (χ2n) is 4.79. The van der Waals surface area contributed by atoms with Crippen molar-refractivity contribution in [3.05, 3.63) is 52.0 Å². The summed E-state index contributed by atoms with van der Waals surface area (Å²) in [5, 5.41) is 14.2. The van der Waals surface area contributed by atoms with E-state index in [1.807, 2.05) is 0 Å². The number of aromatic amines is 2. The first-order chi connectivity index (χ1) is 11.3. The summed E-state index contributed by atoms with van der Waals surface area (Å²) >= 11 is 0. The van der Waals surface area contributed by atoms with E-state index in [9.17, 15) is 22.8 Å². The number of carbonyl (C=O) groups excluding carboxylic acids is 1. The van der Waals surface area contributed by atoms with E-state index in [0.29, 0.717) is 5.39 Å². The van der Waals surface area contributed by atoms with Gasteiger partial charge in [0.2, 0.25) is 0 Å². The smallest absolute Gasteiger partial charge is 0.345 e. The van der Waals surface area contributed by atoms with Gasteiger partial charge in [-0.3, -0.25) is 14.7 Å². The van der Waals surface area contributed by atoms with Crippen LogP contribution in [0.3, 0.4) is 0 Å². The number of fused-ring (bicyclic) bond motifs is 1. The van der Waals surface area contributed by atoms with E-state index in [4.69, 9.17) is 0 Å². The molecule has 2 heterocycles. The number of benzene rings is 1. The summed E-state index contributed by atoms with van der Waals surface area (Å²) in [6, 6.07) is 4.38. The number of hydrogen-bond donors (Lipinski definition) is 3. The molecule has 124 valence electrons. The van der Waals surface area contributed by atoms with Gasteiger partial charge in [0.1, 0.15) is 5.82 Å². The Kier molecular flexibility index (Phi) is 3.75. The van der Waals surface area contributed by atoms with Gasteiger partial charge in [0.05, 0.1) is 18.1 Å². The number of aromatic nitrogens is 5. The van der Waals surface area contributed by atoms with Gasteiger partial charge in [-0.25, -0.2) is 10.1 Å². The normalized spacial score (nSPS) is 11.6.